The average Bonchev–Trinajstić information content (AvgIpc) is 3.16. The van der Waals surface area contributed by atoms with E-state index in [-0.39, 0.29) is 17.9 Å². The fourth-order valence-electron chi connectivity index (χ4n) is 5.00. The van der Waals surface area contributed by atoms with Gasteiger partial charge in [0.1, 0.15) is 11.2 Å². The van der Waals surface area contributed by atoms with Gasteiger partial charge in [0.2, 0.25) is 5.91 Å². The van der Waals surface area contributed by atoms with Crippen molar-refractivity contribution in [1.29, 1.82) is 0 Å². The van der Waals surface area contributed by atoms with Crippen molar-refractivity contribution in [3.63, 3.8) is 0 Å². The van der Waals surface area contributed by atoms with Crippen molar-refractivity contribution in [3.05, 3.63) is 66.1 Å². The second-order valence-corrected chi connectivity index (χ2v) is 8.97. The van der Waals surface area contributed by atoms with E-state index in [1.165, 1.54) is 6.42 Å². The molecule has 160 valence electrons. The highest BCUT2D eigenvalue weighted by molar-refractivity contribution is 6.03. The fourth-order valence-corrected chi connectivity index (χ4v) is 5.00. The average molecular weight is 417 g/mol. The minimum Gasteiger partial charge on any atom is -0.351 e. The molecule has 0 bridgehead atoms. The fraction of sp³-hybridized carbons (Fsp3) is 0.400. The molecule has 3 aromatic rings. The van der Waals surface area contributed by atoms with Crippen molar-refractivity contribution in [2.75, 3.05) is 0 Å². The Hall–Kier alpha value is -3.15. The van der Waals surface area contributed by atoms with Gasteiger partial charge >= 0.3 is 0 Å². The lowest BCUT2D eigenvalue weighted by Crippen LogP contribution is -2.64. The second kappa shape index (κ2) is 7.84. The summed E-state index contributed by atoms with van der Waals surface area (Å²) < 4.78 is 2.01. The zero-order valence-electron chi connectivity index (χ0n) is 17.9. The number of nitrogens with zero attached hydrogens (tertiary/aromatic N) is 3. The number of amides is 2. The van der Waals surface area contributed by atoms with Crippen LogP contribution in [0.4, 0.5) is 0 Å². The van der Waals surface area contributed by atoms with Crippen molar-refractivity contribution < 1.29 is 9.59 Å². The van der Waals surface area contributed by atoms with Gasteiger partial charge in [-0.3, -0.25) is 14.6 Å². The molecule has 1 aromatic carbocycles. The van der Waals surface area contributed by atoms with Crippen molar-refractivity contribution in [2.24, 2.45) is 0 Å². The Morgan fingerprint density at radius 1 is 1.13 bits per heavy atom. The van der Waals surface area contributed by atoms with Gasteiger partial charge in [0, 0.05) is 23.1 Å². The first-order valence-corrected chi connectivity index (χ1v) is 11.2. The lowest BCUT2D eigenvalue weighted by Gasteiger charge is -2.44. The van der Waals surface area contributed by atoms with Gasteiger partial charge in [-0.05, 0) is 44.0 Å². The standard InChI is InChI=1S/C25H28N4O2/c1-25(24(31)27-19-10-3-2-4-11-19)17-28-21-13-6-5-9-18(21)15-22(28)23(30)29(25)16-20-12-7-8-14-26-20/h5-9,12-15,19H,2-4,10-11,16-17H2,1H3,(H,27,31). The smallest absolute Gasteiger partial charge is 0.271 e. The minimum atomic E-state index is -0.999. The molecule has 1 unspecified atom stereocenters. The summed E-state index contributed by atoms with van der Waals surface area (Å²) >= 11 is 0. The number of carbonyl (C=O) groups is 2. The van der Waals surface area contributed by atoms with Gasteiger partial charge in [0.25, 0.3) is 5.91 Å². The molecule has 6 heteroatoms. The number of aromatic nitrogens is 2. The Kier molecular flexibility index (Phi) is 5.00. The van der Waals surface area contributed by atoms with E-state index in [0.717, 1.165) is 42.3 Å². The largest absolute Gasteiger partial charge is 0.351 e. The van der Waals surface area contributed by atoms with Crippen LogP contribution in [0.15, 0.2) is 54.7 Å². The maximum absolute atomic E-state index is 13.7. The van der Waals surface area contributed by atoms with Gasteiger partial charge in [0.15, 0.2) is 0 Å². The number of hydrogen-bond acceptors (Lipinski definition) is 3. The predicted molar refractivity (Wildman–Crippen MR) is 119 cm³/mol. The first-order chi connectivity index (χ1) is 15.1. The summed E-state index contributed by atoms with van der Waals surface area (Å²) in [6.07, 6.45) is 7.25. The Labute approximate surface area is 182 Å². The summed E-state index contributed by atoms with van der Waals surface area (Å²) in [6.45, 7) is 2.62. The van der Waals surface area contributed by atoms with E-state index < -0.39 is 5.54 Å². The third-order valence-electron chi connectivity index (χ3n) is 6.81. The van der Waals surface area contributed by atoms with Crippen LogP contribution in [0.2, 0.25) is 0 Å². The molecule has 2 amide bonds. The van der Waals surface area contributed by atoms with E-state index in [0.29, 0.717) is 18.8 Å². The van der Waals surface area contributed by atoms with E-state index in [1.54, 1.807) is 11.1 Å². The lowest BCUT2D eigenvalue weighted by molar-refractivity contribution is -0.134. The maximum Gasteiger partial charge on any atom is 0.271 e. The van der Waals surface area contributed by atoms with E-state index >= 15 is 0 Å². The summed E-state index contributed by atoms with van der Waals surface area (Å²) in [5, 5.41) is 4.28. The summed E-state index contributed by atoms with van der Waals surface area (Å²) in [5.41, 5.74) is 1.39. The van der Waals surface area contributed by atoms with Crippen LogP contribution in [-0.4, -0.2) is 37.8 Å². The highest BCUT2D eigenvalue weighted by atomic mass is 16.2. The zero-order chi connectivity index (χ0) is 21.4. The third kappa shape index (κ3) is 3.50. The molecule has 6 nitrogen and oxygen atoms in total. The van der Waals surface area contributed by atoms with Crippen LogP contribution in [0.1, 0.15) is 55.2 Å². The van der Waals surface area contributed by atoms with Gasteiger partial charge in [0.05, 0.1) is 18.8 Å². The molecular weight excluding hydrogens is 388 g/mol. The number of hydrogen-bond donors (Lipinski definition) is 1. The van der Waals surface area contributed by atoms with Gasteiger partial charge in [-0.2, -0.15) is 0 Å². The molecule has 1 fully saturated rings. The van der Waals surface area contributed by atoms with Crippen LogP contribution in [-0.2, 0) is 17.9 Å². The molecular formula is C25H28N4O2. The number of carbonyl (C=O) groups excluding carboxylic acids is 2. The quantitative estimate of drug-likeness (QED) is 0.701. The predicted octanol–water partition coefficient (Wildman–Crippen LogP) is 3.90. The molecule has 31 heavy (non-hydrogen) atoms. The third-order valence-corrected chi connectivity index (χ3v) is 6.81. The number of pyridine rings is 1. The molecule has 1 saturated carbocycles. The van der Waals surface area contributed by atoms with Crippen LogP contribution in [0.5, 0.6) is 0 Å². The molecule has 1 aliphatic carbocycles. The molecule has 1 atom stereocenters. The van der Waals surface area contributed by atoms with Crippen molar-refractivity contribution in [1.82, 2.24) is 19.8 Å². The van der Waals surface area contributed by atoms with Crippen LogP contribution in [0, 0.1) is 0 Å². The molecule has 1 N–H and O–H groups in total. The molecule has 0 radical (unpaired) electrons. The van der Waals surface area contributed by atoms with Gasteiger partial charge < -0.3 is 14.8 Å². The van der Waals surface area contributed by atoms with Crippen molar-refractivity contribution >= 4 is 22.7 Å². The van der Waals surface area contributed by atoms with Crippen LogP contribution in [0.25, 0.3) is 10.9 Å². The van der Waals surface area contributed by atoms with Gasteiger partial charge in [-0.1, -0.05) is 43.5 Å². The second-order valence-electron chi connectivity index (χ2n) is 8.97. The first-order valence-electron chi connectivity index (χ1n) is 11.2. The molecule has 5 rings (SSSR count). The SMILES string of the molecule is CC1(C(=O)NC2CCCCC2)Cn2c(cc3ccccc32)C(=O)N1Cc1ccccn1. The summed E-state index contributed by atoms with van der Waals surface area (Å²) in [6, 6.07) is 15.8. The van der Waals surface area contributed by atoms with Crippen LogP contribution >= 0.6 is 0 Å². The number of nitrogens with one attached hydrogen (secondary N) is 1. The number of rotatable bonds is 4. The zero-order valence-corrected chi connectivity index (χ0v) is 17.9. The van der Waals surface area contributed by atoms with Gasteiger partial charge in [-0.15, -0.1) is 0 Å². The molecule has 0 spiro atoms. The Morgan fingerprint density at radius 3 is 2.68 bits per heavy atom. The lowest BCUT2D eigenvalue weighted by atomic mass is 9.91. The molecule has 1 aliphatic heterocycles. The van der Waals surface area contributed by atoms with Crippen molar-refractivity contribution in [3.8, 4) is 0 Å². The highest BCUT2D eigenvalue weighted by Crippen LogP contribution is 2.33. The molecule has 0 saturated heterocycles. The summed E-state index contributed by atoms with van der Waals surface area (Å²) in [7, 11) is 0. The number of benzene rings is 1. The van der Waals surface area contributed by atoms with E-state index in [2.05, 4.69) is 10.3 Å². The first kappa shape index (κ1) is 19.8. The van der Waals surface area contributed by atoms with E-state index in [9.17, 15) is 9.59 Å². The highest BCUT2D eigenvalue weighted by Gasteiger charge is 2.48. The molecule has 3 heterocycles. The van der Waals surface area contributed by atoms with Gasteiger partial charge in [-0.25, -0.2) is 0 Å². The van der Waals surface area contributed by atoms with Crippen LogP contribution in [0.3, 0.4) is 0 Å². The summed E-state index contributed by atoms with van der Waals surface area (Å²) in [4.78, 5) is 33.5. The Morgan fingerprint density at radius 2 is 1.90 bits per heavy atom. The summed E-state index contributed by atoms with van der Waals surface area (Å²) in [5.74, 6) is -0.207. The Bertz CT molecular complexity index is 1120. The normalized spacial score (nSPS) is 21.8. The monoisotopic (exact) mass is 416 g/mol. The molecule has 2 aromatic heterocycles. The van der Waals surface area contributed by atoms with E-state index in [4.69, 9.17) is 0 Å². The maximum atomic E-state index is 13.7. The molecule has 2 aliphatic rings. The Balaban J connectivity index is 1.55. The van der Waals surface area contributed by atoms with Crippen LogP contribution < -0.4 is 5.32 Å². The number of fused-ring (bicyclic) bond motifs is 3. The minimum absolute atomic E-state index is 0.0767. The topological polar surface area (TPSA) is 67.2 Å². The number of para-hydroxylation sites is 1. The van der Waals surface area contributed by atoms with Crippen molar-refractivity contribution in [2.45, 2.75) is 63.7 Å². The van der Waals surface area contributed by atoms with E-state index in [1.807, 2.05) is 60.0 Å².